The van der Waals surface area contributed by atoms with E-state index in [0.29, 0.717) is 32.6 Å². The lowest BCUT2D eigenvalue weighted by atomic mass is 10.0. The molecule has 1 atom stereocenters. The van der Waals surface area contributed by atoms with E-state index in [4.69, 9.17) is 4.74 Å². The number of nitrogens with zero attached hydrogens (tertiary/aromatic N) is 1. The van der Waals surface area contributed by atoms with Crippen molar-refractivity contribution in [3.8, 4) is 0 Å². The van der Waals surface area contributed by atoms with Crippen LogP contribution >= 0.6 is 0 Å². The molecular weight excluding hydrogens is 292 g/mol. The van der Waals surface area contributed by atoms with Crippen molar-refractivity contribution in [1.29, 1.82) is 0 Å². The first kappa shape index (κ1) is 17.5. The Bertz CT molecular complexity index is 504. The Hall–Kier alpha value is -1.88. The molecule has 1 aromatic rings. The summed E-state index contributed by atoms with van der Waals surface area (Å²) >= 11 is 0. The fourth-order valence-corrected chi connectivity index (χ4v) is 2.90. The summed E-state index contributed by atoms with van der Waals surface area (Å²) in [7, 11) is 1.62. The first-order chi connectivity index (χ1) is 11.2. The summed E-state index contributed by atoms with van der Waals surface area (Å²) in [4.78, 5) is 26.0. The van der Waals surface area contributed by atoms with Gasteiger partial charge in [0, 0.05) is 26.6 Å². The predicted molar refractivity (Wildman–Crippen MR) is 88.8 cm³/mol. The number of carbonyl (C=O) groups excluding carboxylic acids is 2. The zero-order valence-corrected chi connectivity index (χ0v) is 13.8. The van der Waals surface area contributed by atoms with Gasteiger partial charge in [0.1, 0.15) is 6.04 Å². The fraction of sp³-hybridized carbons (Fsp3) is 0.556. The lowest BCUT2D eigenvalue weighted by molar-refractivity contribution is -0.142. The highest BCUT2D eigenvalue weighted by molar-refractivity contribution is 5.87. The summed E-state index contributed by atoms with van der Waals surface area (Å²) in [6.45, 7) is 1.81. The number of piperidine rings is 1. The Kier molecular flexibility index (Phi) is 7.07. The molecule has 1 aliphatic heterocycles. The Labute approximate surface area is 138 Å². The molecule has 126 valence electrons. The van der Waals surface area contributed by atoms with Crippen molar-refractivity contribution < 1.29 is 14.3 Å². The minimum absolute atomic E-state index is 0.0570. The quantitative estimate of drug-likeness (QED) is 0.783. The zero-order chi connectivity index (χ0) is 16.5. The number of carbonyl (C=O) groups is 2. The molecule has 2 amide bonds. The van der Waals surface area contributed by atoms with Gasteiger partial charge in [-0.1, -0.05) is 30.3 Å². The van der Waals surface area contributed by atoms with Crippen LogP contribution in [0, 0.1) is 0 Å². The van der Waals surface area contributed by atoms with Crippen LogP contribution in [0.3, 0.4) is 0 Å². The molecule has 0 saturated carbocycles. The number of hydrogen-bond donors (Lipinski definition) is 1. The summed E-state index contributed by atoms with van der Waals surface area (Å²) in [6.07, 6.45) is 3.85. The van der Waals surface area contributed by atoms with Gasteiger partial charge in [-0.05, 0) is 31.2 Å². The van der Waals surface area contributed by atoms with E-state index in [-0.39, 0.29) is 17.9 Å². The smallest absolute Gasteiger partial charge is 0.242 e. The number of rotatable bonds is 7. The van der Waals surface area contributed by atoms with Gasteiger partial charge in [0.05, 0.1) is 6.61 Å². The van der Waals surface area contributed by atoms with Crippen molar-refractivity contribution in [2.75, 3.05) is 20.2 Å². The molecule has 0 unspecified atom stereocenters. The maximum atomic E-state index is 12.4. The summed E-state index contributed by atoms with van der Waals surface area (Å²) in [6, 6.07) is 9.68. The van der Waals surface area contributed by atoms with Gasteiger partial charge < -0.3 is 15.0 Å². The van der Waals surface area contributed by atoms with E-state index in [2.05, 4.69) is 5.32 Å². The van der Waals surface area contributed by atoms with Crippen LogP contribution in [0.4, 0.5) is 0 Å². The summed E-state index contributed by atoms with van der Waals surface area (Å²) in [5.41, 5.74) is 1.13. The maximum absolute atomic E-state index is 12.4. The van der Waals surface area contributed by atoms with Crippen molar-refractivity contribution in [3.63, 3.8) is 0 Å². The van der Waals surface area contributed by atoms with Crippen LogP contribution in [-0.4, -0.2) is 43.0 Å². The van der Waals surface area contributed by atoms with Crippen LogP contribution in [0.1, 0.15) is 37.7 Å². The monoisotopic (exact) mass is 318 g/mol. The standard InChI is InChI=1S/C18H26N2O3/c1-19-18(22)16-10-5-6-12-20(16)17(21)11-7-13-23-14-15-8-3-2-4-9-15/h2-4,8-9,16H,5-7,10-14H2,1H3,(H,19,22)/t16-/m0/s1. The van der Waals surface area contributed by atoms with Gasteiger partial charge in [0.15, 0.2) is 0 Å². The molecule has 1 N–H and O–H groups in total. The van der Waals surface area contributed by atoms with Crippen molar-refractivity contribution in [3.05, 3.63) is 35.9 Å². The number of amides is 2. The molecule has 1 aromatic carbocycles. The Morgan fingerprint density at radius 3 is 2.78 bits per heavy atom. The molecule has 0 bridgehead atoms. The normalized spacial score (nSPS) is 17.8. The van der Waals surface area contributed by atoms with Crippen LogP contribution in [-0.2, 0) is 20.9 Å². The minimum Gasteiger partial charge on any atom is -0.377 e. The highest BCUT2D eigenvalue weighted by Gasteiger charge is 2.30. The number of likely N-dealkylation sites (tertiary alicyclic amines) is 1. The zero-order valence-electron chi connectivity index (χ0n) is 13.8. The average Bonchev–Trinajstić information content (AvgIpc) is 2.61. The second-order valence-electron chi connectivity index (χ2n) is 5.85. The lowest BCUT2D eigenvalue weighted by Gasteiger charge is -2.34. The topological polar surface area (TPSA) is 58.6 Å². The third-order valence-electron chi connectivity index (χ3n) is 4.16. The minimum atomic E-state index is -0.300. The molecule has 2 rings (SSSR count). The second kappa shape index (κ2) is 9.30. The van der Waals surface area contributed by atoms with Gasteiger partial charge >= 0.3 is 0 Å². The molecule has 0 spiro atoms. The second-order valence-corrected chi connectivity index (χ2v) is 5.85. The van der Waals surface area contributed by atoms with E-state index in [1.54, 1.807) is 11.9 Å². The molecule has 0 aromatic heterocycles. The summed E-state index contributed by atoms with van der Waals surface area (Å²) < 4.78 is 5.60. The first-order valence-electron chi connectivity index (χ1n) is 8.35. The molecule has 5 nitrogen and oxygen atoms in total. The fourth-order valence-electron chi connectivity index (χ4n) is 2.90. The summed E-state index contributed by atoms with van der Waals surface area (Å²) in [5.74, 6) is -0.0000105. The Balaban J connectivity index is 1.70. The van der Waals surface area contributed by atoms with Gasteiger partial charge in [-0.25, -0.2) is 0 Å². The van der Waals surface area contributed by atoms with Crippen LogP contribution in [0.15, 0.2) is 30.3 Å². The number of likely N-dealkylation sites (N-methyl/N-ethyl adjacent to an activating group) is 1. The van der Waals surface area contributed by atoms with Gasteiger partial charge in [-0.15, -0.1) is 0 Å². The van der Waals surface area contributed by atoms with E-state index < -0.39 is 0 Å². The summed E-state index contributed by atoms with van der Waals surface area (Å²) in [5, 5.41) is 2.66. The van der Waals surface area contributed by atoms with E-state index in [9.17, 15) is 9.59 Å². The SMILES string of the molecule is CNC(=O)[C@@H]1CCCCN1C(=O)CCCOCc1ccccc1. The van der Waals surface area contributed by atoms with Gasteiger partial charge in [0.25, 0.3) is 0 Å². The van der Waals surface area contributed by atoms with Crippen molar-refractivity contribution >= 4 is 11.8 Å². The molecule has 23 heavy (non-hydrogen) atoms. The number of ether oxygens (including phenoxy) is 1. The molecule has 0 radical (unpaired) electrons. The predicted octanol–water partition coefficient (Wildman–Crippen LogP) is 2.11. The van der Waals surface area contributed by atoms with Gasteiger partial charge in [0.2, 0.25) is 11.8 Å². The molecule has 0 aliphatic carbocycles. The largest absolute Gasteiger partial charge is 0.377 e. The van der Waals surface area contributed by atoms with Crippen molar-refractivity contribution in [1.82, 2.24) is 10.2 Å². The third-order valence-corrected chi connectivity index (χ3v) is 4.16. The van der Waals surface area contributed by atoms with E-state index in [1.807, 2.05) is 30.3 Å². The van der Waals surface area contributed by atoms with Crippen LogP contribution in [0.5, 0.6) is 0 Å². The molecule has 1 fully saturated rings. The van der Waals surface area contributed by atoms with Gasteiger partial charge in [-0.3, -0.25) is 9.59 Å². The number of nitrogens with one attached hydrogen (secondary N) is 1. The van der Waals surface area contributed by atoms with Crippen LogP contribution < -0.4 is 5.32 Å². The van der Waals surface area contributed by atoms with Crippen LogP contribution in [0.25, 0.3) is 0 Å². The molecule has 1 heterocycles. The molecule has 1 saturated heterocycles. The number of benzene rings is 1. The first-order valence-corrected chi connectivity index (χ1v) is 8.35. The molecule has 5 heteroatoms. The molecule has 1 aliphatic rings. The van der Waals surface area contributed by atoms with Gasteiger partial charge in [-0.2, -0.15) is 0 Å². The third kappa shape index (κ3) is 5.36. The van der Waals surface area contributed by atoms with E-state index in [0.717, 1.165) is 24.8 Å². The number of hydrogen-bond acceptors (Lipinski definition) is 3. The lowest BCUT2D eigenvalue weighted by Crippen LogP contribution is -2.51. The average molecular weight is 318 g/mol. The van der Waals surface area contributed by atoms with Crippen LogP contribution in [0.2, 0.25) is 0 Å². The van der Waals surface area contributed by atoms with E-state index >= 15 is 0 Å². The Morgan fingerprint density at radius 1 is 1.26 bits per heavy atom. The van der Waals surface area contributed by atoms with Crippen molar-refractivity contribution in [2.45, 2.75) is 44.8 Å². The Morgan fingerprint density at radius 2 is 2.04 bits per heavy atom. The van der Waals surface area contributed by atoms with E-state index in [1.165, 1.54) is 0 Å². The van der Waals surface area contributed by atoms with Crippen molar-refractivity contribution in [2.24, 2.45) is 0 Å². The highest BCUT2D eigenvalue weighted by atomic mass is 16.5. The molecular formula is C18H26N2O3. The maximum Gasteiger partial charge on any atom is 0.242 e. The highest BCUT2D eigenvalue weighted by Crippen LogP contribution is 2.18.